The van der Waals surface area contributed by atoms with Crippen LogP contribution in [0.5, 0.6) is 0 Å². The molecule has 0 aliphatic carbocycles. The smallest absolute Gasteiger partial charge is 0.319 e. The summed E-state index contributed by atoms with van der Waals surface area (Å²) >= 11 is 0. The molecule has 2 aromatic rings. The minimum absolute atomic E-state index is 0.0308. The van der Waals surface area contributed by atoms with Gasteiger partial charge in [0.15, 0.2) is 0 Å². The van der Waals surface area contributed by atoms with E-state index in [1.54, 1.807) is 4.90 Å². The van der Waals surface area contributed by atoms with Crippen molar-refractivity contribution in [3.8, 4) is 0 Å². The number of nitrogens with zero attached hydrogens (tertiary/aromatic N) is 1. The van der Waals surface area contributed by atoms with Crippen LogP contribution in [0.1, 0.15) is 17.5 Å². The van der Waals surface area contributed by atoms with Gasteiger partial charge in [0.25, 0.3) is 0 Å². The van der Waals surface area contributed by atoms with Crippen LogP contribution in [-0.2, 0) is 4.79 Å². The molecule has 1 saturated heterocycles. The minimum atomic E-state index is -0.291. The second-order valence-electron chi connectivity index (χ2n) is 6.14. The fraction of sp³-hybridized carbons (Fsp3) is 0.263. The third kappa shape index (κ3) is 3.56. The van der Waals surface area contributed by atoms with Crippen molar-refractivity contribution in [1.29, 1.82) is 0 Å². The van der Waals surface area contributed by atoms with Crippen LogP contribution in [0.2, 0.25) is 0 Å². The molecule has 0 spiro atoms. The molecule has 24 heavy (non-hydrogen) atoms. The van der Waals surface area contributed by atoms with Gasteiger partial charge in [0.05, 0.1) is 6.04 Å². The van der Waals surface area contributed by atoms with Crippen LogP contribution in [-0.4, -0.2) is 24.5 Å². The SMILES string of the molecule is Cc1ccc(N2CC(NC(=O)Nc3ccccc3)CC2=O)cc1C. The predicted molar refractivity (Wildman–Crippen MR) is 95.3 cm³/mol. The third-order valence-electron chi connectivity index (χ3n) is 4.29. The van der Waals surface area contributed by atoms with E-state index in [-0.39, 0.29) is 18.0 Å². The summed E-state index contributed by atoms with van der Waals surface area (Å²) in [6.07, 6.45) is 0.315. The summed E-state index contributed by atoms with van der Waals surface area (Å²) in [7, 11) is 0. The van der Waals surface area contributed by atoms with Gasteiger partial charge in [-0.2, -0.15) is 0 Å². The molecule has 0 saturated carbocycles. The van der Waals surface area contributed by atoms with Crippen molar-refractivity contribution in [1.82, 2.24) is 5.32 Å². The molecule has 1 aliphatic rings. The summed E-state index contributed by atoms with van der Waals surface area (Å²) in [5.74, 6) is 0.0308. The van der Waals surface area contributed by atoms with Crippen LogP contribution in [0.15, 0.2) is 48.5 Å². The molecule has 1 atom stereocenters. The van der Waals surface area contributed by atoms with Gasteiger partial charge in [-0.1, -0.05) is 24.3 Å². The van der Waals surface area contributed by atoms with Crippen molar-refractivity contribution in [2.24, 2.45) is 0 Å². The van der Waals surface area contributed by atoms with E-state index in [0.717, 1.165) is 16.9 Å². The molecule has 0 bridgehead atoms. The van der Waals surface area contributed by atoms with Crippen LogP contribution >= 0.6 is 0 Å². The minimum Gasteiger partial charge on any atom is -0.333 e. The number of rotatable bonds is 3. The summed E-state index contributed by atoms with van der Waals surface area (Å²) in [5.41, 5.74) is 3.96. The molecule has 124 valence electrons. The molecule has 0 aromatic heterocycles. The molecule has 2 aromatic carbocycles. The lowest BCUT2D eigenvalue weighted by molar-refractivity contribution is -0.117. The molecule has 1 fully saturated rings. The van der Waals surface area contributed by atoms with Gasteiger partial charge in [-0.15, -0.1) is 0 Å². The topological polar surface area (TPSA) is 61.4 Å². The molecular formula is C19H21N3O2. The van der Waals surface area contributed by atoms with E-state index in [0.29, 0.717) is 13.0 Å². The van der Waals surface area contributed by atoms with E-state index in [9.17, 15) is 9.59 Å². The van der Waals surface area contributed by atoms with E-state index >= 15 is 0 Å². The highest BCUT2D eigenvalue weighted by Gasteiger charge is 2.31. The number of benzene rings is 2. The molecule has 2 N–H and O–H groups in total. The van der Waals surface area contributed by atoms with Crippen LogP contribution in [0.4, 0.5) is 16.2 Å². The van der Waals surface area contributed by atoms with E-state index in [1.807, 2.05) is 62.4 Å². The van der Waals surface area contributed by atoms with Crippen molar-refractivity contribution in [3.63, 3.8) is 0 Å². The standard InChI is InChI=1S/C19H21N3O2/c1-13-8-9-17(10-14(13)2)22-12-16(11-18(22)23)21-19(24)20-15-6-4-3-5-7-15/h3-10,16H,11-12H2,1-2H3,(H2,20,21,24). The summed E-state index contributed by atoms with van der Waals surface area (Å²) in [6.45, 7) is 4.56. The van der Waals surface area contributed by atoms with Crippen LogP contribution in [0.25, 0.3) is 0 Å². The van der Waals surface area contributed by atoms with Gasteiger partial charge in [0.2, 0.25) is 5.91 Å². The maximum atomic E-state index is 12.3. The first-order valence-electron chi connectivity index (χ1n) is 8.03. The number of para-hydroxylation sites is 1. The van der Waals surface area contributed by atoms with E-state index in [2.05, 4.69) is 10.6 Å². The molecule has 3 amide bonds. The average Bonchev–Trinajstić information content (AvgIpc) is 2.91. The number of carbonyl (C=O) groups excluding carboxylic acids is 2. The summed E-state index contributed by atoms with van der Waals surface area (Å²) in [6, 6.07) is 14.7. The van der Waals surface area contributed by atoms with E-state index in [1.165, 1.54) is 5.56 Å². The Morgan fingerprint density at radius 3 is 2.54 bits per heavy atom. The van der Waals surface area contributed by atoms with Gasteiger partial charge in [-0.25, -0.2) is 4.79 Å². The zero-order valence-corrected chi connectivity index (χ0v) is 13.9. The zero-order chi connectivity index (χ0) is 17.1. The Morgan fingerprint density at radius 1 is 1.08 bits per heavy atom. The summed E-state index contributed by atoms with van der Waals surface area (Å²) in [5, 5.41) is 5.65. The number of carbonyl (C=O) groups is 2. The van der Waals surface area contributed by atoms with Gasteiger partial charge in [0, 0.05) is 24.3 Å². The normalized spacial score (nSPS) is 17.0. The largest absolute Gasteiger partial charge is 0.333 e. The van der Waals surface area contributed by atoms with Crippen molar-refractivity contribution in [2.45, 2.75) is 26.3 Å². The Labute approximate surface area is 141 Å². The van der Waals surface area contributed by atoms with Gasteiger partial charge in [-0.05, 0) is 49.2 Å². The number of anilines is 2. The number of hydrogen-bond donors (Lipinski definition) is 2. The Balaban J connectivity index is 1.62. The number of aryl methyl sites for hydroxylation is 2. The maximum Gasteiger partial charge on any atom is 0.319 e. The van der Waals surface area contributed by atoms with Crippen LogP contribution in [0.3, 0.4) is 0 Å². The quantitative estimate of drug-likeness (QED) is 0.911. The first-order chi connectivity index (χ1) is 11.5. The van der Waals surface area contributed by atoms with Crippen molar-refractivity contribution >= 4 is 23.3 Å². The van der Waals surface area contributed by atoms with Crippen LogP contribution in [0, 0.1) is 13.8 Å². The van der Waals surface area contributed by atoms with Gasteiger partial charge >= 0.3 is 6.03 Å². The lowest BCUT2D eigenvalue weighted by Crippen LogP contribution is -2.39. The molecule has 1 aliphatic heterocycles. The predicted octanol–water partition coefficient (Wildman–Crippen LogP) is 3.23. The van der Waals surface area contributed by atoms with Crippen LogP contribution < -0.4 is 15.5 Å². The molecule has 5 nitrogen and oxygen atoms in total. The Hall–Kier alpha value is -2.82. The summed E-state index contributed by atoms with van der Waals surface area (Å²) in [4.78, 5) is 26.1. The fourth-order valence-corrected chi connectivity index (χ4v) is 2.82. The van der Waals surface area contributed by atoms with Crippen molar-refractivity contribution in [3.05, 3.63) is 59.7 Å². The highest BCUT2D eigenvalue weighted by Crippen LogP contribution is 2.24. The van der Waals surface area contributed by atoms with E-state index in [4.69, 9.17) is 0 Å². The highest BCUT2D eigenvalue weighted by molar-refractivity contribution is 5.97. The third-order valence-corrected chi connectivity index (χ3v) is 4.29. The number of amides is 3. The lowest BCUT2D eigenvalue weighted by atomic mass is 10.1. The fourth-order valence-electron chi connectivity index (χ4n) is 2.82. The summed E-state index contributed by atoms with van der Waals surface area (Å²) < 4.78 is 0. The Morgan fingerprint density at radius 2 is 1.83 bits per heavy atom. The first kappa shape index (κ1) is 16.1. The highest BCUT2D eigenvalue weighted by atomic mass is 16.2. The van der Waals surface area contributed by atoms with Gasteiger partial charge < -0.3 is 15.5 Å². The Bertz CT molecular complexity index is 758. The zero-order valence-electron chi connectivity index (χ0n) is 13.9. The lowest BCUT2D eigenvalue weighted by Gasteiger charge is -2.18. The molecule has 3 rings (SSSR count). The average molecular weight is 323 g/mol. The second kappa shape index (κ2) is 6.74. The molecular weight excluding hydrogens is 302 g/mol. The molecule has 5 heteroatoms. The Kier molecular flexibility index (Phi) is 4.51. The number of hydrogen-bond acceptors (Lipinski definition) is 2. The van der Waals surface area contributed by atoms with Crippen molar-refractivity contribution < 1.29 is 9.59 Å². The number of urea groups is 1. The molecule has 1 unspecified atom stereocenters. The second-order valence-corrected chi connectivity index (χ2v) is 6.14. The van der Waals surface area contributed by atoms with E-state index < -0.39 is 0 Å². The monoisotopic (exact) mass is 323 g/mol. The molecule has 1 heterocycles. The van der Waals surface area contributed by atoms with Gasteiger partial charge in [-0.3, -0.25) is 4.79 Å². The van der Waals surface area contributed by atoms with Gasteiger partial charge in [0.1, 0.15) is 0 Å². The van der Waals surface area contributed by atoms with Crippen molar-refractivity contribution in [2.75, 3.05) is 16.8 Å². The maximum absolute atomic E-state index is 12.3. The first-order valence-corrected chi connectivity index (χ1v) is 8.03. The number of nitrogens with one attached hydrogen (secondary N) is 2. The molecule has 0 radical (unpaired) electrons.